The zero-order valence-electron chi connectivity index (χ0n) is 32.0. The van der Waals surface area contributed by atoms with E-state index in [1.807, 2.05) is 27.7 Å². The first-order valence-electron chi connectivity index (χ1n) is 15.7. The SMILES string of the molecule is CC.CC.CC1(C)C=CC(C)(C)C=C1.CC1(C)C=CC(C)(C)c2ccccc21.CC1=C(C)C(C)(C)C=CC1(C)C.I.I.I.I.I. The Morgan fingerprint density at radius 2 is 0.533 bits per heavy atom. The predicted molar refractivity (Wildman–Crippen MR) is 262 cm³/mol. The Labute approximate surface area is 367 Å². The second-order valence-electron chi connectivity index (χ2n) is 14.7. The van der Waals surface area contributed by atoms with Gasteiger partial charge in [0, 0.05) is 32.5 Å². The molecule has 0 spiro atoms. The summed E-state index contributed by atoms with van der Waals surface area (Å²) >= 11 is 0. The fourth-order valence-electron chi connectivity index (χ4n) is 4.81. The third-order valence-corrected chi connectivity index (χ3v) is 8.53. The predicted octanol–water partition coefficient (Wildman–Crippen LogP) is 16.1. The first kappa shape index (κ1) is 58.8. The molecule has 1 aromatic rings. The summed E-state index contributed by atoms with van der Waals surface area (Å²) in [6, 6.07) is 8.77. The summed E-state index contributed by atoms with van der Waals surface area (Å²) in [5, 5.41) is 0. The molecule has 0 saturated heterocycles. The average molecular weight is 1190 g/mol. The summed E-state index contributed by atoms with van der Waals surface area (Å²) in [5.41, 5.74) is 7.42. The van der Waals surface area contributed by atoms with Crippen LogP contribution in [0, 0.1) is 21.7 Å². The van der Waals surface area contributed by atoms with Gasteiger partial charge in [0.25, 0.3) is 0 Å². The number of hydrogen-bond acceptors (Lipinski definition) is 0. The third kappa shape index (κ3) is 18.4. The molecule has 266 valence electrons. The van der Waals surface area contributed by atoms with E-state index in [0.29, 0.717) is 0 Å². The van der Waals surface area contributed by atoms with Crippen LogP contribution in [-0.2, 0) is 10.8 Å². The van der Waals surface area contributed by atoms with Gasteiger partial charge in [0.2, 0.25) is 0 Å². The summed E-state index contributed by atoms with van der Waals surface area (Å²) < 4.78 is 0. The van der Waals surface area contributed by atoms with Crippen molar-refractivity contribution >= 4 is 120 Å². The van der Waals surface area contributed by atoms with Gasteiger partial charge in [-0.1, -0.05) is 195 Å². The topological polar surface area (TPSA) is 0 Å². The minimum Gasteiger partial charge on any atom is -0.107 e. The lowest BCUT2D eigenvalue weighted by Crippen LogP contribution is -2.28. The van der Waals surface area contributed by atoms with Gasteiger partial charge in [-0.3, -0.25) is 0 Å². The van der Waals surface area contributed by atoms with Gasteiger partial charge in [0.05, 0.1) is 0 Å². The van der Waals surface area contributed by atoms with Gasteiger partial charge >= 0.3 is 0 Å². The molecule has 0 amide bonds. The maximum absolute atomic E-state index is 2.33. The largest absolute Gasteiger partial charge is 0.107 e. The van der Waals surface area contributed by atoms with Crippen LogP contribution in [0.25, 0.3) is 0 Å². The molecule has 45 heavy (non-hydrogen) atoms. The van der Waals surface area contributed by atoms with Crippen LogP contribution in [0.1, 0.15) is 136 Å². The fourth-order valence-corrected chi connectivity index (χ4v) is 4.81. The Morgan fingerprint density at radius 3 is 0.756 bits per heavy atom. The summed E-state index contributed by atoms with van der Waals surface area (Å²) in [4.78, 5) is 0. The molecule has 0 N–H and O–H groups in total. The Bertz CT molecular complexity index is 1010. The normalized spacial score (nSPS) is 20.0. The molecular weight excluding hydrogens is 1110 g/mol. The van der Waals surface area contributed by atoms with E-state index in [4.69, 9.17) is 0 Å². The van der Waals surface area contributed by atoms with Crippen LogP contribution in [0.4, 0.5) is 0 Å². The van der Waals surface area contributed by atoms with Crippen LogP contribution >= 0.6 is 120 Å². The van der Waals surface area contributed by atoms with E-state index >= 15 is 0 Å². The first-order valence-corrected chi connectivity index (χ1v) is 15.7. The lowest BCUT2D eigenvalue weighted by Gasteiger charge is -2.36. The highest BCUT2D eigenvalue weighted by Crippen LogP contribution is 2.43. The van der Waals surface area contributed by atoms with Crippen molar-refractivity contribution in [2.75, 3.05) is 0 Å². The Morgan fingerprint density at radius 1 is 0.333 bits per heavy atom. The molecule has 1 aromatic carbocycles. The van der Waals surface area contributed by atoms with Crippen LogP contribution in [0.5, 0.6) is 0 Å². The van der Waals surface area contributed by atoms with Gasteiger partial charge in [-0.2, -0.15) is 0 Å². The molecule has 0 bridgehead atoms. The molecular formula is C40H71I5. The van der Waals surface area contributed by atoms with Gasteiger partial charge < -0.3 is 0 Å². The lowest BCUT2D eigenvalue weighted by molar-refractivity contribution is 0.476. The standard InChI is InChI=1S/C14H18.C12H20.C10H16.2C2H6.5HI/c1-13(2)9-10-14(3,4)12-8-6-5-7-11(12)13;1-9-10(2)12(5,6)8-7-11(9,3)4;1-9(2)5-7-10(3,4)8-6-9;2*1-2;;;;;/h5-10H,1-4H3;7-8H,1-6H3;5-8H,1-4H3;2*1-2H3;5*1H. The van der Waals surface area contributed by atoms with E-state index in [0.717, 1.165) is 0 Å². The highest BCUT2D eigenvalue weighted by Gasteiger charge is 2.32. The van der Waals surface area contributed by atoms with Crippen molar-refractivity contribution in [2.45, 2.75) is 135 Å². The third-order valence-electron chi connectivity index (χ3n) is 8.53. The quantitative estimate of drug-likeness (QED) is 0.179. The van der Waals surface area contributed by atoms with E-state index in [-0.39, 0.29) is 152 Å². The highest BCUT2D eigenvalue weighted by molar-refractivity contribution is 14.0. The van der Waals surface area contributed by atoms with E-state index in [2.05, 4.69) is 170 Å². The number of hydrogen-bond donors (Lipinski definition) is 0. The van der Waals surface area contributed by atoms with Crippen LogP contribution in [0.15, 0.2) is 84.0 Å². The van der Waals surface area contributed by atoms with E-state index in [1.54, 1.807) is 0 Å². The van der Waals surface area contributed by atoms with Crippen LogP contribution in [-0.4, -0.2) is 0 Å². The van der Waals surface area contributed by atoms with Crippen LogP contribution < -0.4 is 0 Å². The monoisotopic (exact) mass is 1190 g/mol. The molecule has 0 unspecified atom stereocenters. The molecule has 0 radical (unpaired) electrons. The fraction of sp³-hybridized carbons (Fsp3) is 0.600. The lowest BCUT2D eigenvalue weighted by atomic mass is 9.68. The van der Waals surface area contributed by atoms with E-state index < -0.39 is 0 Å². The summed E-state index contributed by atoms with van der Waals surface area (Å²) in [6.07, 6.45) is 18.4. The van der Waals surface area contributed by atoms with Gasteiger partial charge in [0.15, 0.2) is 0 Å². The van der Waals surface area contributed by atoms with Crippen molar-refractivity contribution in [3.8, 4) is 0 Å². The molecule has 0 saturated carbocycles. The van der Waals surface area contributed by atoms with Crippen LogP contribution in [0.3, 0.4) is 0 Å². The number of allylic oxidation sites excluding steroid dienone is 10. The molecule has 0 aliphatic heterocycles. The maximum Gasteiger partial charge on any atom is 0.00786 e. The Balaban J connectivity index is -0.000000115. The zero-order valence-corrected chi connectivity index (χ0v) is 43.6. The van der Waals surface area contributed by atoms with E-state index in [9.17, 15) is 0 Å². The molecule has 5 heteroatoms. The summed E-state index contributed by atoms with van der Waals surface area (Å²) in [7, 11) is 0. The first-order chi connectivity index (χ1) is 18.1. The Hall–Kier alpha value is 1.57. The summed E-state index contributed by atoms with van der Waals surface area (Å²) in [5.74, 6) is 0. The molecule has 0 atom stereocenters. The average Bonchev–Trinajstić information content (AvgIpc) is 2.89. The number of rotatable bonds is 0. The van der Waals surface area contributed by atoms with Crippen molar-refractivity contribution in [2.24, 2.45) is 21.7 Å². The van der Waals surface area contributed by atoms with Gasteiger partial charge in [-0.15, -0.1) is 120 Å². The molecule has 4 rings (SSSR count). The van der Waals surface area contributed by atoms with Crippen molar-refractivity contribution in [3.05, 3.63) is 95.1 Å². The highest BCUT2D eigenvalue weighted by atomic mass is 127. The van der Waals surface area contributed by atoms with Crippen molar-refractivity contribution < 1.29 is 0 Å². The van der Waals surface area contributed by atoms with Gasteiger partial charge in [-0.25, -0.2) is 0 Å². The summed E-state index contributed by atoms with van der Waals surface area (Å²) in [6.45, 7) is 39.6. The van der Waals surface area contributed by atoms with Crippen LogP contribution in [0.2, 0.25) is 0 Å². The molecule has 0 fully saturated rings. The van der Waals surface area contributed by atoms with Gasteiger partial charge in [0.1, 0.15) is 0 Å². The van der Waals surface area contributed by atoms with Crippen molar-refractivity contribution in [3.63, 3.8) is 0 Å². The number of fused-ring (bicyclic) bond motifs is 1. The molecule has 3 aliphatic carbocycles. The number of benzene rings is 1. The Kier molecular flexibility index (Phi) is 31.2. The molecule has 0 nitrogen and oxygen atoms in total. The minimum absolute atomic E-state index is 0. The van der Waals surface area contributed by atoms with Gasteiger partial charge in [-0.05, 0) is 25.0 Å². The second-order valence-corrected chi connectivity index (χ2v) is 14.7. The molecule has 0 heterocycles. The second kappa shape index (κ2) is 23.9. The number of halogens is 5. The molecule has 3 aliphatic rings. The van der Waals surface area contributed by atoms with Crippen molar-refractivity contribution in [1.29, 1.82) is 0 Å². The minimum atomic E-state index is 0. The van der Waals surface area contributed by atoms with E-state index in [1.165, 1.54) is 22.3 Å². The maximum atomic E-state index is 2.33. The smallest absolute Gasteiger partial charge is 0.00786 e. The zero-order chi connectivity index (χ0) is 31.8. The van der Waals surface area contributed by atoms with Crippen molar-refractivity contribution in [1.82, 2.24) is 0 Å². The molecule has 0 aromatic heterocycles.